The average molecular weight is 509 g/mol. The minimum Gasteiger partial charge on any atom is -0.333 e. The molecule has 4 aromatic rings. The quantitative estimate of drug-likeness (QED) is 0.321. The Kier molecular flexibility index (Phi) is 6.86. The molecule has 0 spiro atoms. The number of carbonyl (C=O) groups is 1. The number of nitrogens with zero attached hydrogens (tertiary/aromatic N) is 3. The van der Waals surface area contributed by atoms with Gasteiger partial charge >= 0.3 is 6.03 Å². The van der Waals surface area contributed by atoms with E-state index in [0.29, 0.717) is 10.6 Å². The highest BCUT2D eigenvalue weighted by atomic mass is 35.5. The van der Waals surface area contributed by atoms with Crippen molar-refractivity contribution in [3.63, 3.8) is 0 Å². The number of amides is 1. The van der Waals surface area contributed by atoms with E-state index in [1.165, 1.54) is 12.3 Å². The molecule has 1 aliphatic rings. The molecule has 0 bridgehead atoms. The molecule has 0 unspecified atom stereocenters. The summed E-state index contributed by atoms with van der Waals surface area (Å²) in [5.74, 6) is -0.572. The number of halogens is 3. The first-order valence-corrected chi connectivity index (χ1v) is 12.1. The molecule has 2 aromatic carbocycles. The van der Waals surface area contributed by atoms with Gasteiger partial charge in [-0.05, 0) is 53.1 Å². The van der Waals surface area contributed by atoms with Gasteiger partial charge in [0.2, 0.25) is 5.95 Å². The minimum atomic E-state index is -0.572. The van der Waals surface area contributed by atoms with Crippen LogP contribution < -0.4 is 5.32 Å². The number of benzene rings is 2. The molecule has 5 nitrogen and oxygen atoms in total. The lowest BCUT2D eigenvalue weighted by Crippen LogP contribution is -2.34. The standard InChI is InChI=1S/C27H23Cl2FN4O/c28-20-5-3-18(4-6-20)2-1-12-33-13-10-24-23(17-33)22-8-7-21(29)15-25(22)34(24)27(35)32-16-19-9-11-31-26(30)14-19/h1-9,11,14-15H,10,12-13,16-17H2,(H,32,35). The van der Waals surface area contributed by atoms with Gasteiger partial charge < -0.3 is 5.32 Å². The van der Waals surface area contributed by atoms with Crippen molar-refractivity contribution in [1.29, 1.82) is 0 Å². The van der Waals surface area contributed by atoms with Crippen molar-refractivity contribution in [1.82, 2.24) is 19.8 Å². The van der Waals surface area contributed by atoms with Crippen LogP contribution >= 0.6 is 23.2 Å². The van der Waals surface area contributed by atoms with Gasteiger partial charge in [0, 0.05) is 59.9 Å². The molecular formula is C27H23Cl2FN4O. The molecular weight excluding hydrogens is 486 g/mol. The summed E-state index contributed by atoms with van der Waals surface area (Å²) in [6, 6.07) is 16.1. The Bertz CT molecular complexity index is 1410. The molecule has 1 amide bonds. The van der Waals surface area contributed by atoms with Gasteiger partial charge in [-0.3, -0.25) is 9.47 Å². The number of pyridine rings is 1. The van der Waals surface area contributed by atoms with Crippen LogP contribution in [0.15, 0.2) is 66.9 Å². The highest BCUT2D eigenvalue weighted by Gasteiger charge is 2.26. The number of carbonyl (C=O) groups excluding carboxylic acids is 1. The van der Waals surface area contributed by atoms with E-state index in [2.05, 4.69) is 27.4 Å². The number of fused-ring (bicyclic) bond motifs is 3. The lowest BCUT2D eigenvalue weighted by molar-refractivity contribution is 0.240. The van der Waals surface area contributed by atoms with Crippen LogP contribution in [0, 0.1) is 5.95 Å². The van der Waals surface area contributed by atoms with Gasteiger partial charge in [-0.1, -0.05) is 53.6 Å². The maximum atomic E-state index is 13.4. The van der Waals surface area contributed by atoms with Crippen LogP contribution in [-0.4, -0.2) is 33.6 Å². The van der Waals surface area contributed by atoms with Crippen LogP contribution in [0.3, 0.4) is 0 Å². The first-order valence-electron chi connectivity index (χ1n) is 11.3. The van der Waals surface area contributed by atoms with E-state index in [1.54, 1.807) is 10.6 Å². The molecule has 5 rings (SSSR count). The average Bonchev–Trinajstić information content (AvgIpc) is 3.16. The molecule has 0 saturated heterocycles. The maximum Gasteiger partial charge on any atom is 0.326 e. The Hall–Kier alpha value is -3.19. The predicted molar refractivity (Wildman–Crippen MR) is 138 cm³/mol. The zero-order chi connectivity index (χ0) is 24.4. The van der Waals surface area contributed by atoms with Gasteiger partial charge in [-0.2, -0.15) is 4.39 Å². The fourth-order valence-electron chi connectivity index (χ4n) is 4.50. The first-order chi connectivity index (χ1) is 17.0. The Morgan fingerprint density at radius 1 is 1.09 bits per heavy atom. The SMILES string of the molecule is O=C(NCc1ccnc(F)c1)n1c2c(c3ccc(Cl)cc31)CN(CC=Cc1ccc(Cl)cc1)CC2. The lowest BCUT2D eigenvalue weighted by Gasteiger charge is -2.27. The van der Waals surface area contributed by atoms with E-state index in [4.69, 9.17) is 23.2 Å². The smallest absolute Gasteiger partial charge is 0.326 e. The van der Waals surface area contributed by atoms with E-state index in [9.17, 15) is 9.18 Å². The topological polar surface area (TPSA) is 50.2 Å². The zero-order valence-electron chi connectivity index (χ0n) is 18.8. The van der Waals surface area contributed by atoms with Gasteiger partial charge in [0.05, 0.1) is 5.52 Å². The van der Waals surface area contributed by atoms with Crippen molar-refractivity contribution in [2.75, 3.05) is 13.1 Å². The number of aromatic nitrogens is 2. The Balaban J connectivity index is 1.37. The van der Waals surface area contributed by atoms with Gasteiger partial charge in [0.1, 0.15) is 0 Å². The van der Waals surface area contributed by atoms with E-state index >= 15 is 0 Å². The number of hydrogen-bond donors (Lipinski definition) is 1. The molecule has 0 fully saturated rings. The number of rotatable bonds is 5. The zero-order valence-corrected chi connectivity index (χ0v) is 20.4. The second-order valence-corrected chi connectivity index (χ2v) is 9.38. The highest BCUT2D eigenvalue weighted by molar-refractivity contribution is 6.31. The summed E-state index contributed by atoms with van der Waals surface area (Å²) in [6.07, 6.45) is 6.35. The third-order valence-electron chi connectivity index (χ3n) is 6.17. The third kappa shape index (κ3) is 5.25. The van der Waals surface area contributed by atoms with E-state index in [0.717, 1.165) is 58.8 Å². The monoisotopic (exact) mass is 508 g/mol. The Labute approximate surface area is 212 Å². The van der Waals surface area contributed by atoms with E-state index in [1.807, 2.05) is 42.5 Å². The van der Waals surface area contributed by atoms with Crippen LogP contribution in [0.25, 0.3) is 17.0 Å². The fourth-order valence-corrected chi connectivity index (χ4v) is 4.79. The molecule has 0 radical (unpaired) electrons. The summed E-state index contributed by atoms with van der Waals surface area (Å²) in [6.45, 7) is 2.55. The van der Waals surface area contributed by atoms with Gasteiger partial charge in [0.15, 0.2) is 0 Å². The molecule has 8 heteroatoms. The molecule has 178 valence electrons. The van der Waals surface area contributed by atoms with Crippen molar-refractivity contribution in [2.24, 2.45) is 0 Å². The molecule has 35 heavy (non-hydrogen) atoms. The summed E-state index contributed by atoms with van der Waals surface area (Å²) in [4.78, 5) is 19.2. The molecule has 0 atom stereocenters. The summed E-state index contributed by atoms with van der Waals surface area (Å²) in [7, 11) is 0. The summed E-state index contributed by atoms with van der Waals surface area (Å²) >= 11 is 12.3. The van der Waals surface area contributed by atoms with Crippen molar-refractivity contribution in [3.8, 4) is 0 Å². The Morgan fingerprint density at radius 3 is 2.69 bits per heavy atom. The second kappa shape index (κ2) is 10.2. The van der Waals surface area contributed by atoms with Crippen LogP contribution in [0.5, 0.6) is 0 Å². The predicted octanol–water partition coefficient (Wildman–Crippen LogP) is 6.31. The number of hydrogen-bond acceptors (Lipinski definition) is 3. The van der Waals surface area contributed by atoms with Crippen molar-refractivity contribution < 1.29 is 9.18 Å². The summed E-state index contributed by atoms with van der Waals surface area (Å²) < 4.78 is 15.1. The largest absolute Gasteiger partial charge is 0.333 e. The first kappa shape index (κ1) is 23.5. The molecule has 0 aliphatic carbocycles. The normalized spacial score (nSPS) is 13.9. The van der Waals surface area contributed by atoms with E-state index in [-0.39, 0.29) is 12.6 Å². The van der Waals surface area contributed by atoms with Gasteiger partial charge in [0.25, 0.3) is 0 Å². The number of nitrogens with one attached hydrogen (secondary N) is 1. The van der Waals surface area contributed by atoms with Gasteiger partial charge in [-0.15, -0.1) is 0 Å². The molecule has 1 aliphatic heterocycles. The van der Waals surface area contributed by atoms with Crippen LogP contribution in [-0.2, 0) is 19.5 Å². The third-order valence-corrected chi connectivity index (χ3v) is 6.66. The van der Waals surface area contributed by atoms with E-state index < -0.39 is 5.95 Å². The lowest BCUT2D eigenvalue weighted by atomic mass is 10.0. The molecule has 1 N–H and O–H groups in total. The summed E-state index contributed by atoms with van der Waals surface area (Å²) in [5, 5.41) is 5.22. The van der Waals surface area contributed by atoms with Crippen molar-refractivity contribution in [2.45, 2.75) is 19.5 Å². The highest BCUT2D eigenvalue weighted by Crippen LogP contribution is 2.32. The minimum absolute atomic E-state index is 0.203. The van der Waals surface area contributed by atoms with Crippen molar-refractivity contribution >= 4 is 46.2 Å². The van der Waals surface area contributed by atoms with Crippen LogP contribution in [0.1, 0.15) is 22.4 Å². The maximum absolute atomic E-state index is 13.4. The second-order valence-electron chi connectivity index (χ2n) is 8.51. The van der Waals surface area contributed by atoms with Crippen molar-refractivity contribution in [3.05, 3.63) is 105 Å². The molecule has 3 heterocycles. The molecule has 2 aromatic heterocycles. The molecule has 0 saturated carbocycles. The van der Waals surface area contributed by atoms with Gasteiger partial charge in [-0.25, -0.2) is 9.78 Å². The fraction of sp³-hybridized carbons (Fsp3) is 0.185. The summed E-state index contributed by atoms with van der Waals surface area (Å²) in [5.41, 5.74) is 4.64. The van der Waals surface area contributed by atoms with Crippen LogP contribution in [0.4, 0.5) is 9.18 Å². The van der Waals surface area contributed by atoms with Crippen LogP contribution in [0.2, 0.25) is 10.0 Å². The Morgan fingerprint density at radius 2 is 1.89 bits per heavy atom.